The van der Waals surface area contributed by atoms with Crippen molar-refractivity contribution in [2.24, 2.45) is 0 Å². The lowest BCUT2D eigenvalue weighted by atomic mass is 10.2. The van der Waals surface area contributed by atoms with E-state index in [9.17, 15) is 9.59 Å². The first-order chi connectivity index (χ1) is 7.01. The molecule has 0 rings (SSSR count). The van der Waals surface area contributed by atoms with E-state index >= 15 is 0 Å². The van der Waals surface area contributed by atoms with Crippen molar-refractivity contribution >= 4 is 12.0 Å². The van der Waals surface area contributed by atoms with Crippen molar-refractivity contribution < 1.29 is 19.8 Å². The van der Waals surface area contributed by atoms with Crippen LogP contribution in [0.3, 0.4) is 0 Å². The average Bonchev–Trinajstić information content (AvgIpc) is 2.13. The zero-order chi connectivity index (χ0) is 11.8. The summed E-state index contributed by atoms with van der Waals surface area (Å²) in [5.41, 5.74) is 0. The largest absolute Gasteiger partial charge is 0.480 e. The summed E-state index contributed by atoms with van der Waals surface area (Å²) in [4.78, 5) is 21.6. The Balaban J connectivity index is 4.02. The Morgan fingerprint density at radius 1 is 1.47 bits per heavy atom. The average molecular weight is 214 g/mol. The van der Waals surface area contributed by atoms with Crippen molar-refractivity contribution in [2.75, 3.05) is 6.61 Å². The molecule has 6 heteroatoms. The summed E-state index contributed by atoms with van der Waals surface area (Å²) in [5, 5.41) is 21.7. The number of carboxylic acids is 1. The van der Waals surface area contributed by atoms with Crippen molar-refractivity contribution in [3.63, 3.8) is 0 Å². The number of aliphatic hydroxyl groups is 1. The van der Waals surface area contributed by atoms with Gasteiger partial charge in [0.25, 0.3) is 0 Å². The summed E-state index contributed by atoms with van der Waals surface area (Å²) in [5.74, 6) is 1.06. The third-order valence-corrected chi connectivity index (χ3v) is 1.59. The van der Waals surface area contributed by atoms with Crippen LogP contribution in [0.4, 0.5) is 4.79 Å². The molecule has 84 valence electrons. The molecule has 0 aromatic heterocycles. The lowest BCUT2D eigenvalue weighted by Crippen LogP contribution is -2.49. The van der Waals surface area contributed by atoms with Gasteiger partial charge in [0, 0.05) is 12.5 Å². The van der Waals surface area contributed by atoms with E-state index in [1.165, 1.54) is 0 Å². The van der Waals surface area contributed by atoms with Crippen molar-refractivity contribution in [1.29, 1.82) is 0 Å². The Morgan fingerprint density at radius 2 is 2.07 bits per heavy atom. The van der Waals surface area contributed by atoms with E-state index in [1.807, 2.05) is 0 Å². The second kappa shape index (κ2) is 6.68. The molecule has 2 unspecified atom stereocenters. The predicted octanol–water partition coefficient (Wildman–Crippen LogP) is -0.857. The number of nitrogens with one attached hydrogen (secondary N) is 2. The number of aliphatic carboxylic acids is 1. The summed E-state index contributed by atoms with van der Waals surface area (Å²) in [6, 6.07) is -2.22. The first kappa shape index (κ1) is 13.3. The number of hydrogen-bond acceptors (Lipinski definition) is 3. The van der Waals surface area contributed by atoms with Gasteiger partial charge < -0.3 is 20.8 Å². The number of rotatable bonds is 5. The maximum absolute atomic E-state index is 11.1. The van der Waals surface area contributed by atoms with Crippen LogP contribution in [0.2, 0.25) is 0 Å². The standard InChI is InChI=1S/C9H14N2O4/c1-3-4-6(2)10-9(15)11-7(5-12)8(13)14/h1,6-7,12H,4-5H2,2H3,(H,13,14)(H2,10,11,15). The lowest BCUT2D eigenvalue weighted by molar-refractivity contribution is -0.140. The highest BCUT2D eigenvalue weighted by atomic mass is 16.4. The van der Waals surface area contributed by atoms with Gasteiger partial charge in [-0.15, -0.1) is 12.3 Å². The molecule has 0 bridgehead atoms. The molecule has 0 radical (unpaired) electrons. The molecular weight excluding hydrogens is 200 g/mol. The highest BCUT2D eigenvalue weighted by molar-refractivity contribution is 5.82. The van der Waals surface area contributed by atoms with Gasteiger partial charge in [-0.05, 0) is 6.92 Å². The van der Waals surface area contributed by atoms with E-state index in [0.717, 1.165) is 0 Å². The molecule has 4 N–H and O–H groups in total. The van der Waals surface area contributed by atoms with Gasteiger partial charge >= 0.3 is 12.0 Å². The highest BCUT2D eigenvalue weighted by Crippen LogP contribution is 1.88. The van der Waals surface area contributed by atoms with Gasteiger partial charge in [0.15, 0.2) is 6.04 Å². The minimum atomic E-state index is -1.30. The van der Waals surface area contributed by atoms with Crippen molar-refractivity contribution in [2.45, 2.75) is 25.4 Å². The molecule has 0 saturated heterocycles. The molecule has 0 aromatic rings. The summed E-state index contributed by atoms with van der Waals surface area (Å²) >= 11 is 0. The predicted molar refractivity (Wildman–Crippen MR) is 53.1 cm³/mol. The second-order valence-electron chi connectivity index (χ2n) is 3.00. The van der Waals surface area contributed by atoms with Crippen LogP contribution in [0.5, 0.6) is 0 Å². The molecule has 0 saturated carbocycles. The van der Waals surface area contributed by atoms with E-state index in [-0.39, 0.29) is 6.04 Å². The number of carboxylic acid groups (broad SMARTS) is 1. The number of urea groups is 1. The lowest BCUT2D eigenvalue weighted by Gasteiger charge is -2.15. The Hall–Kier alpha value is -1.74. The Bertz CT molecular complexity index is 272. The maximum atomic E-state index is 11.1. The normalized spacial score (nSPS) is 13.4. The van der Waals surface area contributed by atoms with E-state index in [1.54, 1.807) is 6.92 Å². The van der Waals surface area contributed by atoms with Gasteiger partial charge in [-0.3, -0.25) is 0 Å². The molecule has 15 heavy (non-hydrogen) atoms. The number of hydrogen-bond donors (Lipinski definition) is 4. The minimum Gasteiger partial charge on any atom is -0.480 e. The molecule has 0 spiro atoms. The zero-order valence-corrected chi connectivity index (χ0v) is 8.36. The molecule has 0 heterocycles. The maximum Gasteiger partial charge on any atom is 0.328 e. The Morgan fingerprint density at radius 3 is 2.47 bits per heavy atom. The Kier molecular flexibility index (Phi) is 5.90. The van der Waals surface area contributed by atoms with Crippen molar-refractivity contribution in [1.82, 2.24) is 10.6 Å². The van der Waals surface area contributed by atoms with E-state index in [2.05, 4.69) is 16.6 Å². The summed E-state index contributed by atoms with van der Waals surface area (Å²) in [7, 11) is 0. The fourth-order valence-corrected chi connectivity index (χ4v) is 0.837. The van der Waals surface area contributed by atoms with Gasteiger partial charge in [-0.25, -0.2) is 9.59 Å². The fourth-order valence-electron chi connectivity index (χ4n) is 0.837. The first-order valence-electron chi connectivity index (χ1n) is 4.35. The van der Waals surface area contributed by atoms with Crippen LogP contribution >= 0.6 is 0 Å². The molecule has 0 aromatic carbocycles. The Labute approximate surface area is 87.7 Å². The van der Waals surface area contributed by atoms with Gasteiger partial charge in [-0.2, -0.15) is 0 Å². The zero-order valence-electron chi connectivity index (χ0n) is 8.36. The topological polar surface area (TPSA) is 98.7 Å². The molecule has 6 nitrogen and oxygen atoms in total. The van der Waals surface area contributed by atoms with Crippen LogP contribution in [0.25, 0.3) is 0 Å². The van der Waals surface area contributed by atoms with Crippen molar-refractivity contribution in [3.05, 3.63) is 0 Å². The monoisotopic (exact) mass is 214 g/mol. The van der Waals surface area contributed by atoms with Crippen LogP contribution < -0.4 is 10.6 Å². The third-order valence-electron chi connectivity index (χ3n) is 1.59. The van der Waals surface area contributed by atoms with Crippen LogP contribution in [-0.2, 0) is 4.79 Å². The quantitative estimate of drug-likeness (QED) is 0.448. The van der Waals surface area contributed by atoms with Crippen LogP contribution in [-0.4, -0.2) is 40.9 Å². The minimum absolute atomic E-state index is 0.247. The van der Waals surface area contributed by atoms with Gasteiger partial charge in [0.2, 0.25) is 0 Å². The second-order valence-corrected chi connectivity index (χ2v) is 3.00. The molecule has 0 fully saturated rings. The number of carbonyl (C=O) groups is 2. The molecule has 0 aliphatic carbocycles. The summed E-state index contributed by atoms with van der Waals surface area (Å²) in [6.45, 7) is 1.03. The van der Waals surface area contributed by atoms with E-state index < -0.39 is 24.6 Å². The summed E-state index contributed by atoms with van der Waals surface area (Å²) in [6.07, 6.45) is 5.38. The molecular formula is C9H14N2O4. The highest BCUT2D eigenvalue weighted by Gasteiger charge is 2.18. The third kappa shape index (κ3) is 5.54. The number of aliphatic hydroxyl groups excluding tert-OH is 1. The van der Waals surface area contributed by atoms with Crippen LogP contribution in [0.1, 0.15) is 13.3 Å². The van der Waals surface area contributed by atoms with Gasteiger partial charge in [0.05, 0.1) is 6.61 Å². The van der Waals surface area contributed by atoms with Gasteiger partial charge in [-0.1, -0.05) is 0 Å². The SMILES string of the molecule is C#CCC(C)NC(=O)NC(CO)C(=O)O. The molecule has 2 amide bonds. The fraction of sp³-hybridized carbons (Fsp3) is 0.556. The number of terminal acetylenes is 1. The number of carbonyl (C=O) groups excluding carboxylic acids is 1. The van der Waals surface area contributed by atoms with E-state index in [4.69, 9.17) is 16.6 Å². The molecule has 0 aliphatic rings. The van der Waals surface area contributed by atoms with Crippen molar-refractivity contribution in [3.8, 4) is 12.3 Å². The van der Waals surface area contributed by atoms with Crippen LogP contribution in [0.15, 0.2) is 0 Å². The molecule has 0 aliphatic heterocycles. The first-order valence-corrected chi connectivity index (χ1v) is 4.35. The smallest absolute Gasteiger partial charge is 0.328 e. The molecule has 2 atom stereocenters. The van der Waals surface area contributed by atoms with E-state index in [0.29, 0.717) is 6.42 Å². The number of amides is 2. The van der Waals surface area contributed by atoms with Crippen LogP contribution in [0, 0.1) is 12.3 Å². The summed E-state index contributed by atoms with van der Waals surface area (Å²) < 4.78 is 0. The van der Waals surface area contributed by atoms with Gasteiger partial charge in [0.1, 0.15) is 0 Å².